The van der Waals surface area contributed by atoms with Gasteiger partial charge in [-0.1, -0.05) is 23.7 Å². The largest absolute Gasteiger partial charge is 0.383 e. The standard InChI is InChI=1S/C17H26ClN3O2/c1-14(21-9-7-20(8-10-21)11-12-23-2)17(22)19-13-15-3-5-16(18)6-4-15/h3-6,14H,7-13H2,1-2H3,(H,19,22)/t14-/m0/s1. The molecule has 1 aliphatic rings. The quantitative estimate of drug-likeness (QED) is 0.819. The first-order chi connectivity index (χ1) is 11.1. The Bertz CT molecular complexity index is 487. The van der Waals surface area contributed by atoms with E-state index in [0.29, 0.717) is 11.6 Å². The van der Waals surface area contributed by atoms with Crippen LogP contribution in [-0.4, -0.2) is 68.2 Å². The van der Waals surface area contributed by atoms with E-state index in [1.54, 1.807) is 7.11 Å². The summed E-state index contributed by atoms with van der Waals surface area (Å²) in [6, 6.07) is 7.44. The van der Waals surface area contributed by atoms with E-state index >= 15 is 0 Å². The lowest BCUT2D eigenvalue weighted by molar-refractivity contribution is -0.126. The average Bonchev–Trinajstić information content (AvgIpc) is 2.59. The van der Waals surface area contributed by atoms with Crippen LogP contribution < -0.4 is 5.32 Å². The van der Waals surface area contributed by atoms with Crippen LogP contribution in [0.5, 0.6) is 0 Å². The zero-order valence-corrected chi connectivity index (χ0v) is 14.7. The number of benzene rings is 1. The topological polar surface area (TPSA) is 44.8 Å². The molecule has 0 radical (unpaired) electrons. The first-order valence-electron chi connectivity index (χ1n) is 8.07. The molecule has 0 spiro atoms. The molecule has 128 valence electrons. The SMILES string of the molecule is COCCN1CCN([C@@H](C)C(=O)NCc2ccc(Cl)cc2)CC1. The number of rotatable bonds is 7. The Balaban J connectivity index is 1.73. The molecule has 0 aromatic heterocycles. The second-order valence-corrected chi connectivity index (χ2v) is 6.33. The van der Waals surface area contributed by atoms with Gasteiger partial charge < -0.3 is 10.1 Å². The molecule has 1 saturated heterocycles. The van der Waals surface area contributed by atoms with Crippen LogP contribution in [-0.2, 0) is 16.1 Å². The molecule has 1 aromatic carbocycles. The first kappa shape index (κ1) is 18.2. The third-order valence-corrected chi connectivity index (χ3v) is 4.58. The van der Waals surface area contributed by atoms with Crippen LogP contribution in [0.3, 0.4) is 0 Å². The predicted octanol–water partition coefficient (Wildman–Crippen LogP) is 1.61. The summed E-state index contributed by atoms with van der Waals surface area (Å²) in [5.41, 5.74) is 1.05. The average molecular weight is 340 g/mol. The molecule has 1 aliphatic heterocycles. The molecular formula is C17H26ClN3O2. The van der Waals surface area contributed by atoms with Gasteiger partial charge in [0.05, 0.1) is 12.6 Å². The first-order valence-corrected chi connectivity index (χ1v) is 8.45. The van der Waals surface area contributed by atoms with Gasteiger partial charge in [0.1, 0.15) is 0 Å². The molecule has 0 aliphatic carbocycles. The molecule has 5 nitrogen and oxygen atoms in total. The molecule has 1 heterocycles. The maximum Gasteiger partial charge on any atom is 0.237 e. The lowest BCUT2D eigenvalue weighted by atomic mass is 10.2. The summed E-state index contributed by atoms with van der Waals surface area (Å²) in [5, 5.41) is 3.71. The fourth-order valence-electron chi connectivity index (χ4n) is 2.70. The fourth-order valence-corrected chi connectivity index (χ4v) is 2.83. The van der Waals surface area contributed by atoms with Crippen LogP contribution in [0.15, 0.2) is 24.3 Å². The minimum atomic E-state index is -0.105. The van der Waals surface area contributed by atoms with Crippen molar-refractivity contribution in [3.63, 3.8) is 0 Å². The second-order valence-electron chi connectivity index (χ2n) is 5.89. The molecule has 0 bridgehead atoms. The lowest BCUT2D eigenvalue weighted by Crippen LogP contribution is -2.54. The van der Waals surface area contributed by atoms with Gasteiger partial charge in [-0.05, 0) is 24.6 Å². The number of methoxy groups -OCH3 is 1. The number of nitrogens with one attached hydrogen (secondary N) is 1. The second kappa shape index (κ2) is 9.23. The van der Waals surface area contributed by atoms with Crippen LogP contribution in [0.4, 0.5) is 0 Å². The van der Waals surface area contributed by atoms with E-state index in [1.807, 2.05) is 31.2 Å². The van der Waals surface area contributed by atoms with E-state index in [2.05, 4.69) is 15.1 Å². The van der Waals surface area contributed by atoms with Crippen molar-refractivity contribution in [3.8, 4) is 0 Å². The van der Waals surface area contributed by atoms with Crippen molar-refractivity contribution in [2.45, 2.75) is 19.5 Å². The molecule has 1 N–H and O–H groups in total. The Morgan fingerprint density at radius 1 is 1.26 bits per heavy atom. The number of hydrogen-bond donors (Lipinski definition) is 1. The Labute approximate surface area is 143 Å². The number of hydrogen-bond acceptors (Lipinski definition) is 4. The van der Waals surface area contributed by atoms with Gasteiger partial charge in [-0.2, -0.15) is 0 Å². The molecule has 0 saturated carbocycles. The maximum absolute atomic E-state index is 12.3. The number of piperazine rings is 1. The minimum absolute atomic E-state index is 0.0743. The summed E-state index contributed by atoms with van der Waals surface area (Å²) in [6.07, 6.45) is 0. The van der Waals surface area contributed by atoms with E-state index < -0.39 is 0 Å². The number of amides is 1. The number of carbonyl (C=O) groups is 1. The molecule has 1 amide bonds. The van der Waals surface area contributed by atoms with Crippen LogP contribution >= 0.6 is 11.6 Å². The van der Waals surface area contributed by atoms with Gasteiger partial charge >= 0.3 is 0 Å². The highest BCUT2D eigenvalue weighted by atomic mass is 35.5. The fraction of sp³-hybridized carbons (Fsp3) is 0.588. The van der Waals surface area contributed by atoms with Crippen LogP contribution in [0.2, 0.25) is 5.02 Å². The van der Waals surface area contributed by atoms with Crippen LogP contribution in [0.25, 0.3) is 0 Å². The van der Waals surface area contributed by atoms with Gasteiger partial charge in [0.15, 0.2) is 0 Å². The summed E-state index contributed by atoms with van der Waals surface area (Å²) in [5.74, 6) is 0.0743. The van der Waals surface area contributed by atoms with E-state index in [0.717, 1.165) is 44.9 Å². The van der Waals surface area contributed by atoms with Crippen molar-refractivity contribution in [1.29, 1.82) is 0 Å². The van der Waals surface area contributed by atoms with E-state index in [9.17, 15) is 4.79 Å². The Morgan fingerprint density at radius 2 is 1.91 bits per heavy atom. The molecule has 1 aromatic rings. The summed E-state index contributed by atoms with van der Waals surface area (Å²) < 4.78 is 5.11. The van der Waals surface area contributed by atoms with Crippen molar-refractivity contribution < 1.29 is 9.53 Å². The van der Waals surface area contributed by atoms with Gasteiger partial charge in [-0.25, -0.2) is 0 Å². The lowest BCUT2D eigenvalue weighted by Gasteiger charge is -2.37. The smallest absolute Gasteiger partial charge is 0.237 e. The van der Waals surface area contributed by atoms with Crippen LogP contribution in [0.1, 0.15) is 12.5 Å². The van der Waals surface area contributed by atoms with Gasteiger partial charge in [0.2, 0.25) is 5.91 Å². The molecule has 23 heavy (non-hydrogen) atoms. The Morgan fingerprint density at radius 3 is 2.52 bits per heavy atom. The van der Waals surface area contributed by atoms with Gasteiger partial charge in [0, 0.05) is 51.4 Å². The van der Waals surface area contributed by atoms with E-state index in [4.69, 9.17) is 16.3 Å². The van der Waals surface area contributed by atoms with Crippen molar-refractivity contribution in [1.82, 2.24) is 15.1 Å². The number of halogens is 1. The third kappa shape index (κ3) is 5.77. The normalized spacial score (nSPS) is 17.9. The molecule has 2 rings (SSSR count). The Kier molecular flexibility index (Phi) is 7.30. The zero-order valence-electron chi connectivity index (χ0n) is 13.9. The predicted molar refractivity (Wildman–Crippen MR) is 92.6 cm³/mol. The van der Waals surface area contributed by atoms with Crippen molar-refractivity contribution >= 4 is 17.5 Å². The minimum Gasteiger partial charge on any atom is -0.383 e. The van der Waals surface area contributed by atoms with Gasteiger partial charge in [-0.3, -0.25) is 14.6 Å². The van der Waals surface area contributed by atoms with Gasteiger partial charge in [0.25, 0.3) is 0 Å². The van der Waals surface area contributed by atoms with Crippen LogP contribution in [0, 0.1) is 0 Å². The molecule has 1 atom stereocenters. The van der Waals surface area contributed by atoms with Crippen molar-refractivity contribution in [2.24, 2.45) is 0 Å². The molecule has 6 heteroatoms. The summed E-state index contributed by atoms with van der Waals surface area (Å²) in [6.45, 7) is 8.03. The molecular weight excluding hydrogens is 314 g/mol. The third-order valence-electron chi connectivity index (χ3n) is 4.33. The maximum atomic E-state index is 12.3. The number of ether oxygens (including phenoxy) is 1. The van der Waals surface area contributed by atoms with Crippen molar-refractivity contribution in [3.05, 3.63) is 34.9 Å². The molecule has 1 fully saturated rings. The highest BCUT2D eigenvalue weighted by Crippen LogP contribution is 2.10. The summed E-state index contributed by atoms with van der Waals surface area (Å²) >= 11 is 5.86. The summed E-state index contributed by atoms with van der Waals surface area (Å²) in [4.78, 5) is 16.9. The number of nitrogens with zero attached hydrogens (tertiary/aromatic N) is 2. The highest BCUT2D eigenvalue weighted by Gasteiger charge is 2.25. The highest BCUT2D eigenvalue weighted by molar-refractivity contribution is 6.30. The Hall–Kier alpha value is -1.14. The zero-order chi connectivity index (χ0) is 16.7. The van der Waals surface area contributed by atoms with E-state index in [1.165, 1.54) is 0 Å². The number of carbonyl (C=O) groups excluding carboxylic acids is 1. The summed E-state index contributed by atoms with van der Waals surface area (Å²) in [7, 11) is 1.73. The van der Waals surface area contributed by atoms with Crippen molar-refractivity contribution in [2.75, 3.05) is 46.4 Å². The van der Waals surface area contributed by atoms with E-state index in [-0.39, 0.29) is 11.9 Å². The molecule has 0 unspecified atom stereocenters. The monoisotopic (exact) mass is 339 g/mol. The van der Waals surface area contributed by atoms with Gasteiger partial charge in [-0.15, -0.1) is 0 Å².